The van der Waals surface area contributed by atoms with Gasteiger partial charge in [-0.1, -0.05) is 55.3 Å². The van der Waals surface area contributed by atoms with Crippen LogP contribution in [0.2, 0.25) is 0 Å². The van der Waals surface area contributed by atoms with Crippen LogP contribution in [-0.4, -0.2) is 16.1 Å². The van der Waals surface area contributed by atoms with E-state index in [1.165, 1.54) is 0 Å². The van der Waals surface area contributed by atoms with Gasteiger partial charge in [-0.2, -0.15) is 5.10 Å². The highest BCUT2D eigenvalue weighted by Gasteiger charge is 2.22. The van der Waals surface area contributed by atoms with Gasteiger partial charge in [0.15, 0.2) is 0 Å². The second-order valence-electron chi connectivity index (χ2n) is 6.55. The van der Waals surface area contributed by atoms with Gasteiger partial charge in [-0.3, -0.25) is 9.89 Å². The molecule has 4 nitrogen and oxygen atoms in total. The molecule has 1 aliphatic carbocycles. The summed E-state index contributed by atoms with van der Waals surface area (Å²) in [4.78, 5) is 12.4. The molecule has 1 fully saturated rings. The van der Waals surface area contributed by atoms with Crippen LogP contribution in [0.3, 0.4) is 0 Å². The molecule has 4 rings (SSSR count). The number of rotatable bonds is 4. The third-order valence-electron chi connectivity index (χ3n) is 4.87. The summed E-state index contributed by atoms with van der Waals surface area (Å²) in [5, 5.41) is 11.6. The third-order valence-corrected chi connectivity index (χ3v) is 4.87. The average molecular weight is 331 g/mol. The highest BCUT2D eigenvalue weighted by atomic mass is 16.1. The van der Waals surface area contributed by atoms with Crippen molar-refractivity contribution in [2.24, 2.45) is 5.92 Å². The molecule has 0 radical (unpaired) electrons. The number of hydrogen-bond donors (Lipinski definition) is 2. The van der Waals surface area contributed by atoms with Gasteiger partial charge in [0.1, 0.15) is 0 Å². The standard InChI is InChI=1S/C21H21N3O/c25-21(16-8-1-2-9-16)22-18-11-5-3-7-15(18)13-14-20-17-10-4-6-12-19(17)23-24-20/h3-7,10-14,16H,1-2,8-9H2,(H,22,25)(H,23,24)/b14-13+. The molecule has 1 heterocycles. The number of anilines is 1. The number of nitrogens with zero attached hydrogens (tertiary/aromatic N) is 1. The lowest BCUT2D eigenvalue weighted by Crippen LogP contribution is -2.20. The summed E-state index contributed by atoms with van der Waals surface area (Å²) in [6.45, 7) is 0. The summed E-state index contributed by atoms with van der Waals surface area (Å²) in [5.41, 5.74) is 3.76. The van der Waals surface area contributed by atoms with E-state index in [0.29, 0.717) is 0 Å². The predicted octanol–water partition coefficient (Wildman–Crippen LogP) is 4.86. The van der Waals surface area contributed by atoms with E-state index in [1.807, 2.05) is 60.7 Å². The zero-order chi connectivity index (χ0) is 17.1. The smallest absolute Gasteiger partial charge is 0.227 e. The van der Waals surface area contributed by atoms with Crippen LogP contribution in [-0.2, 0) is 4.79 Å². The Morgan fingerprint density at radius 1 is 1.04 bits per heavy atom. The number of aromatic amines is 1. The zero-order valence-electron chi connectivity index (χ0n) is 14.0. The Morgan fingerprint density at radius 3 is 2.68 bits per heavy atom. The minimum Gasteiger partial charge on any atom is -0.325 e. The Bertz CT molecular complexity index is 920. The van der Waals surface area contributed by atoms with E-state index < -0.39 is 0 Å². The van der Waals surface area contributed by atoms with Gasteiger partial charge in [-0.15, -0.1) is 0 Å². The van der Waals surface area contributed by atoms with Crippen LogP contribution in [0.25, 0.3) is 23.1 Å². The van der Waals surface area contributed by atoms with Crippen LogP contribution in [0.4, 0.5) is 5.69 Å². The Kier molecular flexibility index (Phi) is 4.34. The third kappa shape index (κ3) is 3.33. The minimum atomic E-state index is 0.142. The van der Waals surface area contributed by atoms with Gasteiger partial charge in [0.25, 0.3) is 0 Å². The molecule has 0 unspecified atom stereocenters. The van der Waals surface area contributed by atoms with E-state index in [1.54, 1.807) is 0 Å². The molecule has 1 aromatic heterocycles. The van der Waals surface area contributed by atoms with Crippen molar-refractivity contribution >= 4 is 34.6 Å². The highest BCUT2D eigenvalue weighted by molar-refractivity contribution is 5.96. The summed E-state index contributed by atoms with van der Waals surface area (Å²) < 4.78 is 0. The van der Waals surface area contributed by atoms with Crippen LogP contribution in [0.15, 0.2) is 48.5 Å². The number of H-pyrrole nitrogens is 1. The number of carbonyl (C=O) groups excluding carboxylic acids is 1. The molecule has 0 spiro atoms. The number of amides is 1. The molecular formula is C21H21N3O. The largest absolute Gasteiger partial charge is 0.325 e. The van der Waals surface area contributed by atoms with E-state index in [0.717, 1.165) is 53.5 Å². The monoisotopic (exact) mass is 331 g/mol. The molecule has 1 saturated carbocycles. The van der Waals surface area contributed by atoms with E-state index in [-0.39, 0.29) is 11.8 Å². The number of carbonyl (C=O) groups is 1. The molecular weight excluding hydrogens is 310 g/mol. The number of para-hydroxylation sites is 2. The maximum Gasteiger partial charge on any atom is 0.227 e. The summed E-state index contributed by atoms with van der Waals surface area (Å²) in [6, 6.07) is 15.9. The molecule has 0 atom stereocenters. The van der Waals surface area contributed by atoms with Crippen molar-refractivity contribution in [2.75, 3.05) is 5.32 Å². The van der Waals surface area contributed by atoms with Crippen LogP contribution in [0.1, 0.15) is 36.9 Å². The molecule has 0 bridgehead atoms. The Morgan fingerprint density at radius 2 is 1.80 bits per heavy atom. The second kappa shape index (κ2) is 6.93. The predicted molar refractivity (Wildman–Crippen MR) is 102 cm³/mol. The van der Waals surface area contributed by atoms with E-state index in [4.69, 9.17) is 0 Å². The minimum absolute atomic E-state index is 0.142. The van der Waals surface area contributed by atoms with Crippen molar-refractivity contribution in [1.29, 1.82) is 0 Å². The number of nitrogens with one attached hydrogen (secondary N) is 2. The second-order valence-corrected chi connectivity index (χ2v) is 6.55. The summed E-state index contributed by atoms with van der Waals surface area (Å²) in [6.07, 6.45) is 8.32. The number of hydrogen-bond acceptors (Lipinski definition) is 2. The molecule has 25 heavy (non-hydrogen) atoms. The normalized spacial score (nSPS) is 15.2. The quantitative estimate of drug-likeness (QED) is 0.717. The first-order chi connectivity index (χ1) is 12.3. The number of aromatic nitrogens is 2. The lowest BCUT2D eigenvalue weighted by Gasteiger charge is -2.12. The molecule has 2 aromatic carbocycles. The van der Waals surface area contributed by atoms with Crippen molar-refractivity contribution in [3.63, 3.8) is 0 Å². The Hall–Kier alpha value is -2.88. The fourth-order valence-corrected chi connectivity index (χ4v) is 3.46. The lowest BCUT2D eigenvalue weighted by atomic mass is 10.1. The van der Waals surface area contributed by atoms with Gasteiger partial charge in [-0.05, 0) is 36.6 Å². The van der Waals surface area contributed by atoms with Gasteiger partial charge in [-0.25, -0.2) is 0 Å². The molecule has 1 amide bonds. The van der Waals surface area contributed by atoms with Crippen LogP contribution < -0.4 is 5.32 Å². The van der Waals surface area contributed by atoms with E-state index in [2.05, 4.69) is 15.5 Å². The summed E-state index contributed by atoms with van der Waals surface area (Å²) >= 11 is 0. The summed E-state index contributed by atoms with van der Waals surface area (Å²) in [7, 11) is 0. The number of benzene rings is 2. The topological polar surface area (TPSA) is 57.8 Å². The van der Waals surface area contributed by atoms with Gasteiger partial charge in [0, 0.05) is 17.0 Å². The molecule has 126 valence electrons. The molecule has 1 aliphatic rings. The molecule has 2 N–H and O–H groups in total. The van der Waals surface area contributed by atoms with E-state index >= 15 is 0 Å². The molecule has 4 heteroatoms. The highest BCUT2D eigenvalue weighted by Crippen LogP contribution is 2.27. The SMILES string of the molecule is O=C(Nc1ccccc1/C=C/c1n[nH]c2ccccc12)C1CCCC1. The number of fused-ring (bicyclic) bond motifs is 1. The molecule has 3 aromatic rings. The van der Waals surface area contributed by atoms with Crippen molar-refractivity contribution in [3.05, 3.63) is 59.8 Å². The Labute approximate surface area is 147 Å². The fourth-order valence-electron chi connectivity index (χ4n) is 3.46. The van der Waals surface area contributed by atoms with Crippen molar-refractivity contribution in [2.45, 2.75) is 25.7 Å². The van der Waals surface area contributed by atoms with E-state index in [9.17, 15) is 4.79 Å². The lowest BCUT2D eigenvalue weighted by molar-refractivity contribution is -0.119. The molecule has 0 saturated heterocycles. The van der Waals surface area contributed by atoms with Crippen molar-refractivity contribution < 1.29 is 4.79 Å². The molecule has 0 aliphatic heterocycles. The van der Waals surface area contributed by atoms with Gasteiger partial charge < -0.3 is 5.32 Å². The van der Waals surface area contributed by atoms with Crippen LogP contribution in [0.5, 0.6) is 0 Å². The zero-order valence-corrected chi connectivity index (χ0v) is 14.0. The van der Waals surface area contributed by atoms with Gasteiger partial charge in [0.05, 0.1) is 11.2 Å². The first-order valence-electron chi connectivity index (χ1n) is 8.82. The average Bonchev–Trinajstić information content (AvgIpc) is 3.31. The van der Waals surface area contributed by atoms with Crippen molar-refractivity contribution in [1.82, 2.24) is 10.2 Å². The Balaban J connectivity index is 1.57. The van der Waals surface area contributed by atoms with Gasteiger partial charge in [0.2, 0.25) is 5.91 Å². The van der Waals surface area contributed by atoms with Crippen LogP contribution >= 0.6 is 0 Å². The van der Waals surface area contributed by atoms with Crippen LogP contribution in [0, 0.1) is 5.92 Å². The van der Waals surface area contributed by atoms with Gasteiger partial charge >= 0.3 is 0 Å². The summed E-state index contributed by atoms with van der Waals surface area (Å²) in [5.74, 6) is 0.302. The first kappa shape index (κ1) is 15.6. The maximum absolute atomic E-state index is 12.4. The first-order valence-corrected chi connectivity index (χ1v) is 8.82. The van der Waals surface area contributed by atoms with Crippen molar-refractivity contribution in [3.8, 4) is 0 Å². The maximum atomic E-state index is 12.4. The fraction of sp³-hybridized carbons (Fsp3) is 0.238.